The van der Waals surface area contributed by atoms with Gasteiger partial charge in [0.1, 0.15) is 17.9 Å². The summed E-state index contributed by atoms with van der Waals surface area (Å²) in [7, 11) is 0. The quantitative estimate of drug-likeness (QED) is 0.723. The molecular formula is C24H33N3O4. The summed E-state index contributed by atoms with van der Waals surface area (Å²) in [5, 5.41) is 0. The van der Waals surface area contributed by atoms with Crippen molar-refractivity contribution >= 4 is 17.7 Å². The zero-order valence-electron chi connectivity index (χ0n) is 18.4. The lowest BCUT2D eigenvalue weighted by molar-refractivity contribution is -0.144. The monoisotopic (exact) mass is 427 g/mol. The highest BCUT2D eigenvalue weighted by atomic mass is 16.5. The molecule has 3 fully saturated rings. The van der Waals surface area contributed by atoms with Crippen LogP contribution in [0.5, 0.6) is 5.75 Å². The van der Waals surface area contributed by atoms with Crippen molar-refractivity contribution in [1.82, 2.24) is 14.7 Å². The number of para-hydroxylation sites is 1. The summed E-state index contributed by atoms with van der Waals surface area (Å²) in [6, 6.07) is 9.17. The number of hydrogen-bond acceptors (Lipinski definition) is 4. The first-order chi connectivity index (χ1) is 15.0. The average molecular weight is 428 g/mol. The third-order valence-corrected chi connectivity index (χ3v) is 6.85. The van der Waals surface area contributed by atoms with Crippen molar-refractivity contribution in [1.29, 1.82) is 0 Å². The van der Waals surface area contributed by atoms with E-state index in [1.54, 1.807) is 11.8 Å². The van der Waals surface area contributed by atoms with Crippen LogP contribution in [0.2, 0.25) is 0 Å². The van der Waals surface area contributed by atoms with Crippen molar-refractivity contribution in [2.24, 2.45) is 5.92 Å². The molecule has 7 heteroatoms. The first-order valence-electron chi connectivity index (χ1n) is 11.6. The largest absolute Gasteiger partial charge is 0.488 e. The first kappa shape index (κ1) is 21.7. The molecule has 168 valence electrons. The van der Waals surface area contributed by atoms with Crippen LogP contribution in [0.4, 0.5) is 0 Å². The van der Waals surface area contributed by atoms with Gasteiger partial charge < -0.3 is 19.4 Å². The molecule has 7 nitrogen and oxygen atoms in total. The molecule has 3 aliphatic rings. The summed E-state index contributed by atoms with van der Waals surface area (Å²) in [6.07, 6.45) is 4.55. The van der Waals surface area contributed by atoms with Crippen molar-refractivity contribution in [2.75, 3.05) is 32.7 Å². The second kappa shape index (κ2) is 9.71. The van der Waals surface area contributed by atoms with E-state index in [1.165, 1.54) is 0 Å². The highest BCUT2D eigenvalue weighted by Gasteiger charge is 2.43. The second-order valence-corrected chi connectivity index (χ2v) is 9.04. The van der Waals surface area contributed by atoms with Crippen LogP contribution >= 0.6 is 0 Å². The Morgan fingerprint density at radius 3 is 2.29 bits per heavy atom. The molecule has 3 saturated heterocycles. The standard InChI is InChI=1S/C24H33N3O4/c1-18(28)25-13-9-19(10-14-25)15-23(29)27-17-21(31-20-7-3-2-4-8-20)16-22(27)24(30)26-11-5-6-12-26/h2-4,7-8,19,21-22H,5-6,9-17H2,1H3. The Hall–Kier alpha value is -2.57. The third-order valence-electron chi connectivity index (χ3n) is 6.85. The summed E-state index contributed by atoms with van der Waals surface area (Å²) in [6.45, 7) is 5.03. The minimum Gasteiger partial charge on any atom is -0.488 e. The van der Waals surface area contributed by atoms with Gasteiger partial charge in [0.15, 0.2) is 0 Å². The number of rotatable bonds is 5. The zero-order chi connectivity index (χ0) is 21.8. The summed E-state index contributed by atoms with van der Waals surface area (Å²) in [5.74, 6) is 1.24. The molecular weight excluding hydrogens is 394 g/mol. The fraction of sp³-hybridized carbons (Fsp3) is 0.625. The van der Waals surface area contributed by atoms with Gasteiger partial charge in [-0.15, -0.1) is 0 Å². The van der Waals surface area contributed by atoms with Gasteiger partial charge in [-0.05, 0) is 43.7 Å². The van der Waals surface area contributed by atoms with E-state index in [-0.39, 0.29) is 29.7 Å². The second-order valence-electron chi connectivity index (χ2n) is 9.04. The number of amides is 3. The molecule has 0 aromatic heterocycles. The van der Waals surface area contributed by atoms with E-state index in [9.17, 15) is 14.4 Å². The van der Waals surface area contributed by atoms with E-state index < -0.39 is 6.04 Å². The molecule has 0 saturated carbocycles. The molecule has 1 aromatic rings. The van der Waals surface area contributed by atoms with Gasteiger partial charge >= 0.3 is 0 Å². The topological polar surface area (TPSA) is 70.2 Å². The number of nitrogens with zero attached hydrogens (tertiary/aromatic N) is 3. The molecule has 1 aromatic carbocycles. The van der Waals surface area contributed by atoms with Crippen molar-refractivity contribution in [3.63, 3.8) is 0 Å². The smallest absolute Gasteiger partial charge is 0.245 e. The van der Waals surface area contributed by atoms with Gasteiger partial charge in [-0.1, -0.05) is 18.2 Å². The molecule has 3 aliphatic heterocycles. The average Bonchev–Trinajstić information content (AvgIpc) is 3.45. The molecule has 0 aliphatic carbocycles. The van der Waals surface area contributed by atoms with Gasteiger partial charge in [0.2, 0.25) is 17.7 Å². The lowest BCUT2D eigenvalue weighted by Gasteiger charge is -2.33. The van der Waals surface area contributed by atoms with Crippen molar-refractivity contribution in [2.45, 2.75) is 57.6 Å². The van der Waals surface area contributed by atoms with Gasteiger partial charge in [-0.3, -0.25) is 14.4 Å². The van der Waals surface area contributed by atoms with Crippen molar-refractivity contribution in [3.05, 3.63) is 30.3 Å². The van der Waals surface area contributed by atoms with Crippen molar-refractivity contribution in [3.8, 4) is 5.75 Å². The van der Waals surface area contributed by atoms with Crippen molar-refractivity contribution < 1.29 is 19.1 Å². The molecule has 4 rings (SSSR count). The van der Waals surface area contributed by atoms with Crippen LogP contribution in [-0.4, -0.2) is 77.3 Å². The number of ether oxygens (including phenoxy) is 1. The Balaban J connectivity index is 1.41. The molecule has 31 heavy (non-hydrogen) atoms. The fourth-order valence-electron chi connectivity index (χ4n) is 5.05. The highest BCUT2D eigenvalue weighted by molar-refractivity contribution is 5.88. The summed E-state index contributed by atoms with van der Waals surface area (Å²) < 4.78 is 6.12. The van der Waals surface area contributed by atoms with E-state index in [2.05, 4.69) is 0 Å². The van der Waals surface area contributed by atoms with Crippen LogP contribution in [0, 0.1) is 5.92 Å². The fourth-order valence-corrected chi connectivity index (χ4v) is 5.05. The molecule has 3 heterocycles. The van der Waals surface area contributed by atoms with E-state index in [4.69, 9.17) is 4.74 Å². The van der Waals surface area contributed by atoms with Crippen LogP contribution in [0.3, 0.4) is 0 Å². The van der Waals surface area contributed by atoms with E-state index in [0.29, 0.717) is 32.5 Å². The summed E-state index contributed by atoms with van der Waals surface area (Å²) in [4.78, 5) is 43.6. The number of carbonyl (C=O) groups excluding carboxylic acids is 3. The van der Waals surface area contributed by atoms with Gasteiger partial charge in [-0.25, -0.2) is 0 Å². The van der Waals surface area contributed by atoms with Crippen LogP contribution in [0.15, 0.2) is 30.3 Å². The normalized spacial score (nSPS) is 24.5. The van der Waals surface area contributed by atoms with Crippen LogP contribution in [0.25, 0.3) is 0 Å². The molecule has 0 bridgehead atoms. The van der Waals surface area contributed by atoms with Crippen LogP contribution < -0.4 is 4.74 Å². The van der Waals surface area contributed by atoms with Gasteiger partial charge in [0.25, 0.3) is 0 Å². The van der Waals surface area contributed by atoms with E-state index >= 15 is 0 Å². The molecule has 2 unspecified atom stereocenters. The molecule has 2 atom stereocenters. The maximum atomic E-state index is 13.3. The first-order valence-corrected chi connectivity index (χ1v) is 11.6. The minimum absolute atomic E-state index is 0.0398. The van der Waals surface area contributed by atoms with Crippen LogP contribution in [-0.2, 0) is 14.4 Å². The molecule has 0 radical (unpaired) electrons. The Bertz CT molecular complexity index is 785. The molecule has 3 amide bonds. The maximum absolute atomic E-state index is 13.3. The Labute approximate surface area is 184 Å². The summed E-state index contributed by atoms with van der Waals surface area (Å²) in [5.41, 5.74) is 0. The molecule has 0 spiro atoms. The lowest BCUT2D eigenvalue weighted by atomic mass is 9.93. The minimum atomic E-state index is -0.434. The number of likely N-dealkylation sites (tertiary alicyclic amines) is 3. The highest BCUT2D eigenvalue weighted by Crippen LogP contribution is 2.29. The number of carbonyl (C=O) groups is 3. The SMILES string of the molecule is CC(=O)N1CCC(CC(=O)N2CC(Oc3ccccc3)CC2C(=O)N2CCCC2)CC1. The third kappa shape index (κ3) is 5.20. The maximum Gasteiger partial charge on any atom is 0.245 e. The summed E-state index contributed by atoms with van der Waals surface area (Å²) >= 11 is 0. The lowest BCUT2D eigenvalue weighted by Crippen LogP contribution is -2.47. The predicted molar refractivity (Wildman–Crippen MR) is 116 cm³/mol. The number of benzene rings is 1. The van der Waals surface area contributed by atoms with Gasteiger partial charge in [0.05, 0.1) is 6.54 Å². The van der Waals surface area contributed by atoms with Gasteiger partial charge in [0, 0.05) is 45.9 Å². The zero-order valence-corrected chi connectivity index (χ0v) is 18.4. The van der Waals surface area contributed by atoms with E-state index in [1.807, 2.05) is 40.1 Å². The Kier molecular flexibility index (Phi) is 6.78. The van der Waals surface area contributed by atoms with Crippen LogP contribution in [0.1, 0.15) is 45.4 Å². The van der Waals surface area contributed by atoms with E-state index in [0.717, 1.165) is 44.5 Å². The Morgan fingerprint density at radius 2 is 1.65 bits per heavy atom. The Morgan fingerprint density at radius 1 is 0.968 bits per heavy atom. The number of hydrogen-bond donors (Lipinski definition) is 0. The van der Waals surface area contributed by atoms with Gasteiger partial charge in [-0.2, -0.15) is 0 Å². The number of piperidine rings is 1. The predicted octanol–water partition coefficient (Wildman–Crippen LogP) is 2.31. The molecule has 0 N–H and O–H groups in total.